The number of hydrogen-bond donors (Lipinski definition) is 2. The molecule has 1 saturated carbocycles. The Hall–Kier alpha value is -0.0800. The summed E-state index contributed by atoms with van der Waals surface area (Å²) < 4.78 is 0. The van der Waals surface area contributed by atoms with Crippen molar-refractivity contribution in [2.75, 3.05) is 6.61 Å². The van der Waals surface area contributed by atoms with Crippen molar-refractivity contribution in [3.05, 3.63) is 0 Å². The zero-order chi connectivity index (χ0) is 12.0. The van der Waals surface area contributed by atoms with Crippen LogP contribution in [-0.2, 0) is 0 Å². The van der Waals surface area contributed by atoms with Crippen LogP contribution in [0.4, 0.5) is 0 Å². The van der Waals surface area contributed by atoms with Crippen molar-refractivity contribution < 1.29 is 5.11 Å². The molecule has 0 aromatic rings. The lowest BCUT2D eigenvalue weighted by Gasteiger charge is -2.39. The highest BCUT2D eigenvalue weighted by Gasteiger charge is 2.30. The van der Waals surface area contributed by atoms with Crippen LogP contribution >= 0.6 is 0 Å². The fraction of sp³-hybridized carbons (Fsp3) is 1.00. The maximum absolute atomic E-state index is 9.57. The van der Waals surface area contributed by atoms with Crippen LogP contribution in [0.15, 0.2) is 0 Å². The first-order chi connectivity index (χ1) is 7.69. The van der Waals surface area contributed by atoms with Gasteiger partial charge in [-0.2, -0.15) is 0 Å². The average molecular weight is 227 g/mol. The molecule has 1 aliphatic carbocycles. The van der Waals surface area contributed by atoms with Crippen molar-refractivity contribution >= 4 is 0 Å². The molecular formula is C14H29NO. The van der Waals surface area contributed by atoms with Crippen LogP contribution in [0.3, 0.4) is 0 Å². The molecule has 0 spiro atoms. The van der Waals surface area contributed by atoms with E-state index in [2.05, 4.69) is 26.1 Å². The lowest BCUT2D eigenvalue weighted by Crippen LogP contribution is -2.53. The van der Waals surface area contributed by atoms with Crippen LogP contribution in [0, 0.1) is 5.92 Å². The second-order valence-electron chi connectivity index (χ2n) is 5.43. The summed E-state index contributed by atoms with van der Waals surface area (Å²) in [5, 5.41) is 13.3. The molecule has 0 radical (unpaired) electrons. The molecule has 0 bridgehead atoms. The third-order valence-electron chi connectivity index (χ3n) is 4.53. The Labute approximate surface area is 101 Å². The standard InChI is InChI=1S/C14H29NO/c1-4-12-8-7-9-13(10-12)15-14(5-2,6-3)11-16/h12-13,15-16H,4-11H2,1-3H3. The van der Waals surface area contributed by atoms with E-state index in [1.54, 1.807) is 0 Å². The molecule has 0 amide bonds. The molecule has 0 aromatic carbocycles. The van der Waals surface area contributed by atoms with E-state index in [-0.39, 0.29) is 12.1 Å². The molecule has 2 heteroatoms. The minimum absolute atomic E-state index is 0.0275. The molecule has 0 heterocycles. The molecule has 0 aliphatic heterocycles. The topological polar surface area (TPSA) is 32.3 Å². The predicted octanol–water partition coefficient (Wildman–Crippen LogP) is 3.10. The number of aliphatic hydroxyl groups is 1. The monoisotopic (exact) mass is 227 g/mol. The van der Waals surface area contributed by atoms with Crippen molar-refractivity contribution in [2.24, 2.45) is 5.92 Å². The van der Waals surface area contributed by atoms with E-state index in [1.165, 1.54) is 32.1 Å². The molecule has 16 heavy (non-hydrogen) atoms. The third-order valence-corrected chi connectivity index (χ3v) is 4.53. The molecule has 1 aliphatic rings. The zero-order valence-corrected chi connectivity index (χ0v) is 11.3. The quantitative estimate of drug-likeness (QED) is 0.731. The third kappa shape index (κ3) is 3.46. The van der Waals surface area contributed by atoms with Crippen LogP contribution in [0.25, 0.3) is 0 Å². The van der Waals surface area contributed by atoms with Crippen LogP contribution < -0.4 is 5.32 Å². The Bertz CT molecular complexity index is 181. The van der Waals surface area contributed by atoms with Crippen LogP contribution in [0.5, 0.6) is 0 Å². The smallest absolute Gasteiger partial charge is 0.0613 e. The molecule has 96 valence electrons. The number of rotatable bonds is 6. The largest absolute Gasteiger partial charge is 0.394 e. The van der Waals surface area contributed by atoms with Gasteiger partial charge in [-0.05, 0) is 31.6 Å². The van der Waals surface area contributed by atoms with Crippen molar-refractivity contribution in [1.82, 2.24) is 5.32 Å². The fourth-order valence-corrected chi connectivity index (χ4v) is 2.95. The van der Waals surface area contributed by atoms with Gasteiger partial charge >= 0.3 is 0 Å². The fourth-order valence-electron chi connectivity index (χ4n) is 2.95. The average Bonchev–Trinajstić information content (AvgIpc) is 2.36. The Morgan fingerprint density at radius 1 is 1.19 bits per heavy atom. The molecule has 2 unspecified atom stereocenters. The van der Waals surface area contributed by atoms with Gasteiger partial charge in [0.05, 0.1) is 6.61 Å². The van der Waals surface area contributed by atoms with Crippen LogP contribution in [0.2, 0.25) is 0 Å². The van der Waals surface area contributed by atoms with Crippen molar-refractivity contribution in [2.45, 2.75) is 77.3 Å². The molecule has 1 rings (SSSR count). The summed E-state index contributed by atoms with van der Waals surface area (Å²) >= 11 is 0. The van der Waals surface area contributed by atoms with Gasteiger partial charge in [0.2, 0.25) is 0 Å². The Morgan fingerprint density at radius 3 is 2.38 bits per heavy atom. The molecule has 2 atom stereocenters. The van der Waals surface area contributed by atoms with Gasteiger partial charge in [0.15, 0.2) is 0 Å². The summed E-state index contributed by atoms with van der Waals surface area (Å²) in [6.45, 7) is 6.92. The van der Waals surface area contributed by atoms with E-state index in [0.29, 0.717) is 6.04 Å². The van der Waals surface area contributed by atoms with Gasteiger partial charge < -0.3 is 10.4 Å². The Kier molecular flexibility index (Phi) is 5.77. The van der Waals surface area contributed by atoms with Crippen LogP contribution in [0.1, 0.15) is 65.7 Å². The van der Waals surface area contributed by atoms with E-state index < -0.39 is 0 Å². The SMILES string of the molecule is CCC1CCCC(NC(CC)(CC)CO)C1. The summed E-state index contributed by atoms with van der Waals surface area (Å²) in [6.07, 6.45) is 8.70. The van der Waals surface area contributed by atoms with Gasteiger partial charge in [-0.25, -0.2) is 0 Å². The van der Waals surface area contributed by atoms with Crippen molar-refractivity contribution in [3.63, 3.8) is 0 Å². The first-order valence-corrected chi connectivity index (χ1v) is 7.08. The summed E-state index contributed by atoms with van der Waals surface area (Å²) in [4.78, 5) is 0. The number of nitrogens with one attached hydrogen (secondary N) is 1. The van der Waals surface area contributed by atoms with Gasteiger partial charge in [0.25, 0.3) is 0 Å². The molecule has 2 N–H and O–H groups in total. The van der Waals surface area contributed by atoms with Gasteiger partial charge in [-0.1, -0.05) is 40.0 Å². The second kappa shape index (κ2) is 6.61. The van der Waals surface area contributed by atoms with E-state index in [1.807, 2.05) is 0 Å². The van der Waals surface area contributed by atoms with E-state index in [9.17, 15) is 5.11 Å². The highest BCUT2D eigenvalue weighted by Crippen LogP contribution is 2.28. The predicted molar refractivity (Wildman–Crippen MR) is 69.6 cm³/mol. The minimum Gasteiger partial charge on any atom is -0.394 e. The summed E-state index contributed by atoms with van der Waals surface area (Å²) in [5.41, 5.74) is -0.0275. The first-order valence-electron chi connectivity index (χ1n) is 7.08. The molecule has 0 saturated heterocycles. The summed E-state index contributed by atoms with van der Waals surface area (Å²) in [7, 11) is 0. The van der Waals surface area contributed by atoms with Gasteiger partial charge in [0, 0.05) is 11.6 Å². The van der Waals surface area contributed by atoms with E-state index in [0.717, 1.165) is 18.8 Å². The maximum Gasteiger partial charge on any atom is 0.0613 e. The zero-order valence-electron chi connectivity index (χ0n) is 11.3. The van der Waals surface area contributed by atoms with Crippen LogP contribution in [-0.4, -0.2) is 23.3 Å². The lowest BCUT2D eigenvalue weighted by atomic mass is 9.82. The summed E-state index contributed by atoms with van der Waals surface area (Å²) in [5.74, 6) is 0.899. The number of hydrogen-bond acceptors (Lipinski definition) is 2. The molecule has 0 aromatic heterocycles. The Morgan fingerprint density at radius 2 is 1.88 bits per heavy atom. The highest BCUT2D eigenvalue weighted by atomic mass is 16.3. The number of aliphatic hydroxyl groups excluding tert-OH is 1. The minimum atomic E-state index is -0.0275. The van der Waals surface area contributed by atoms with Crippen molar-refractivity contribution in [3.8, 4) is 0 Å². The normalized spacial score (nSPS) is 27.0. The summed E-state index contributed by atoms with van der Waals surface area (Å²) in [6, 6.07) is 0.630. The molecule has 1 fully saturated rings. The van der Waals surface area contributed by atoms with Gasteiger partial charge in [0.1, 0.15) is 0 Å². The van der Waals surface area contributed by atoms with Gasteiger partial charge in [-0.3, -0.25) is 0 Å². The second-order valence-corrected chi connectivity index (χ2v) is 5.43. The maximum atomic E-state index is 9.57. The first kappa shape index (κ1) is 14.0. The van der Waals surface area contributed by atoms with E-state index >= 15 is 0 Å². The van der Waals surface area contributed by atoms with Gasteiger partial charge in [-0.15, -0.1) is 0 Å². The van der Waals surface area contributed by atoms with Crippen molar-refractivity contribution in [1.29, 1.82) is 0 Å². The molecular weight excluding hydrogens is 198 g/mol. The lowest BCUT2D eigenvalue weighted by molar-refractivity contribution is 0.120. The van der Waals surface area contributed by atoms with E-state index in [4.69, 9.17) is 0 Å². The Balaban J connectivity index is 2.50. The molecule has 2 nitrogen and oxygen atoms in total. The highest BCUT2D eigenvalue weighted by molar-refractivity contribution is 4.90.